The highest BCUT2D eigenvalue weighted by Crippen LogP contribution is 2.37. The van der Waals surface area contributed by atoms with Crippen molar-refractivity contribution in [1.82, 2.24) is 10.6 Å². The Kier molecular flexibility index (Phi) is 5.25. The molecule has 2 rings (SSSR count). The molecule has 120 valence electrons. The van der Waals surface area contributed by atoms with Gasteiger partial charge in [-0.1, -0.05) is 26.7 Å². The van der Waals surface area contributed by atoms with Crippen molar-refractivity contribution >= 4 is 11.8 Å². The lowest BCUT2D eigenvalue weighted by atomic mass is 9.77. The van der Waals surface area contributed by atoms with Crippen molar-refractivity contribution in [3.63, 3.8) is 0 Å². The van der Waals surface area contributed by atoms with Crippen LogP contribution in [0.1, 0.15) is 52.4 Å². The Bertz CT molecular complexity index is 399. The van der Waals surface area contributed by atoms with E-state index >= 15 is 0 Å². The van der Waals surface area contributed by atoms with Crippen LogP contribution >= 0.6 is 0 Å². The van der Waals surface area contributed by atoms with Crippen molar-refractivity contribution < 1.29 is 14.7 Å². The fraction of sp³-hybridized carbons (Fsp3) is 0.875. The van der Waals surface area contributed by atoms with E-state index in [0.717, 1.165) is 32.1 Å². The minimum Gasteiger partial charge on any atom is -0.394 e. The second-order valence-electron chi connectivity index (χ2n) is 7.05. The minimum atomic E-state index is -0.455. The van der Waals surface area contributed by atoms with E-state index < -0.39 is 5.54 Å². The highest BCUT2D eigenvalue weighted by Gasteiger charge is 2.39. The van der Waals surface area contributed by atoms with Crippen molar-refractivity contribution in [2.45, 2.75) is 57.9 Å². The molecule has 2 fully saturated rings. The molecule has 0 bridgehead atoms. The third kappa shape index (κ3) is 4.43. The first-order chi connectivity index (χ1) is 9.96. The van der Waals surface area contributed by atoms with Gasteiger partial charge in [0, 0.05) is 18.9 Å². The Balaban J connectivity index is 1.71. The van der Waals surface area contributed by atoms with Gasteiger partial charge in [0.05, 0.1) is 12.1 Å². The number of aliphatic hydroxyl groups excluding tert-OH is 1. The molecule has 0 saturated heterocycles. The number of nitrogens with one attached hydrogen (secondary N) is 2. The largest absolute Gasteiger partial charge is 0.394 e. The van der Waals surface area contributed by atoms with Crippen molar-refractivity contribution in [1.29, 1.82) is 0 Å². The summed E-state index contributed by atoms with van der Waals surface area (Å²) >= 11 is 0. The lowest BCUT2D eigenvalue weighted by Gasteiger charge is -2.39. The SMILES string of the molecule is CC1CCCC(CO)(NC(=O)CCNC(=O)C2CC2C)C1. The predicted octanol–water partition coefficient (Wildman–Crippen LogP) is 1.21. The van der Waals surface area contributed by atoms with Crippen LogP contribution in [-0.2, 0) is 9.59 Å². The Morgan fingerprint density at radius 2 is 2.05 bits per heavy atom. The molecule has 0 aromatic carbocycles. The van der Waals surface area contributed by atoms with Gasteiger partial charge >= 0.3 is 0 Å². The van der Waals surface area contributed by atoms with Gasteiger partial charge in [-0.05, 0) is 31.1 Å². The van der Waals surface area contributed by atoms with E-state index in [1.165, 1.54) is 0 Å². The number of rotatable bonds is 6. The van der Waals surface area contributed by atoms with Crippen molar-refractivity contribution in [2.24, 2.45) is 17.8 Å². The second kappa shape index (κ2) is 6.77. The number of amides is 2. The number of carbonyl (C=O) groups excluding carboxylic acids is 2. The van der Waals surface area contributed by atoms with Crippen molar-refractivity contribution in [2.75, 3.05) is 13.2 Å². The number of hydrogen-bond donors (Lipinski definition) is 3. The maximum atomic E-state index is 12.0. The lowest BCUT2D eigenvalue weighted by molar-refractivity contribution is -0.125. The van der Waals surface area contributed by atoms with Crippen LogP contribution in [0.3, 0.4) is 0 Å². The highest BCUT2D eigenvalue weighted by atomic mass is 16.3. The van der Waals surface area contributed by atoms with E-state index in [2.05, 4.69) is 24.5 Å². The maximum absolute atomic E-state index is 12.0. The van der Waals surface area contributed by atoms with Crippen LogP contribution in [0.2, 0.25) is 0 Å². The van der Waals surface area contributed by atoms with Gasteiger partial charge in [0.15, 0.2) is 0 Å². The molecule has 3 N–H and O–H groups in total. The molecule has 0 radical (unpaired) electrons. The van der Waals surface area contributed by atoms with Crippen molar-refractivity contribution in [3.05, 3.63) is 0 Å². The number of hydrogen-bond acceptors (Lipinski definition) is 3. The standard InChI is InChI=1S/C16H28N2O3/c1-11-4-3-6-16(9-11,10-19)18-14(20)5-7-17-15(21)13-8-12(13)2/h11-13,19H,3-10H2,1-2H3,(H,17,21)(H,18,20). The molecule has 0 aliphatic heterocycles. The van der Waals surface area contributed by atoms with E-state index in [4.69, 9.17) is 0 Å². The summed E-state index contributed by atoms with van der Waals surface area (Å²) in [5, 5.41) is 15.5. The van der Waals surface area contributed by atoms with Gasteiger partial charge in [0.2, 0.25) is 11.8 Å². The highest BCUT2D eigenvalue weighted by molar-refractivity contribution is 5.82. The molecule has 21 heavy (non-hydrogen) atoms. The summed E-state index contributed by atoms with van der Waals surface area (Å²) in [5.74, 6) is 1.15. The normalized spacial score (nSPS) is 35.1. The Labute approximate surface area is 126 Å². The zero-order valence-corrected chi connectivity index (χ0v) is 13.2. The third-order valence-electron chi connectivity index (χ3n) is 4.90. The average molecular weight is 296 g/mol. The molecule has 0 aromatic rings. The Morgan fingerprint density at radius 3 is 2.62 bits per heavy atom. The summed E-state index contributed by atoms with van der Waals surface area (Å²) in [6, 6.07) is 0. The van der Waals surface area contributed by atoms with Crippen molar-refractivity contribution in [3.8, 4) is 0 Å². The summed E-state index contributed by atoms with van der Waals surface area (Å²) in [6.45, 7) is 4.60. The van der Waals surface area contributed by atoms with Crippen LogP contribution in [0.5, 0.6) is 0 Å². The molecule has 5 nitrogen and oxygen atoms in total. The zero-order valence-electron chi connectivity index (χ0n) is 13.2. The first kappa shape index (κ1) is 16.3. The smallest absolute Gasteiger partial charge is 0.223 e. The molecule has 2 aliphatic rings. The Hall–Kier alpha value is -1.10. The van der Waals surface area contributed by atoms with Gasteiger partial charge in [-0.3, -0.25) is 9.59 Å². The first-order valence-electron chi connectivity index (χ1n) is 8.15. The molecular formula is C16H28N2O3. The molecule has 2 amide bonds. The molecule has 2 saturated carbocycles. The van der Waals surface area contributed by atoms with Crippen LogP contribution in [-0.4, -0.2) is 35.6 Å². The topological polar surface area (TPSA) is 78.4 Å². The van der Waals surface area contributed by atoms with Gasteiger partial charge < -0.3 is 15.7 Å². The molecule has 0 spiro atoms. The third-order valence-corrected chi connectivity index (χ3v) is 4.90. The van der Waals surface area contributed by atoms with Gasteiger partial charge in [-0.25, -0.2) is 0 Å². The number of aliphatic hydroxyl groups is 1. The molecule has 4 unspecified atom stereocenters. The predicted molar refractivity (Wildman–Crippen MR) is 80.5 cm³/mol. The fourth-order valence-electron chi connectivity index (χ4n) is 3.43. The maximum Gasteiger partial charge on any atom is 0.223 e. The molecule has 0 heterocycles. The van der Waals surface area contributed by atoms with Gasteiger partial charge in [0.1, 0.15) is 0 Å². The van der Waals surface area contributed by atoms with Crippen LogP contribution < -0.4 is 10.6 Å². The monoisotopic (exact) mass is 296 g/mol. The first-order valence-corrected chi connectivity index (χ1v) is 8.15. The summed E-state index contributed by atoms with van der Waals surface area (Å²) in [4.78, 5) is 23.7. The quantitative estimate of drug-likeness (QED) is 0.689. The molecule has 0 aromatic heterocycles. The van der Waals surface area contributed by atoms with Crippen LogP contribution in [0.25, 0.3) is 0 Å². The zero-order chi connectivity index (χ0) is 15.5. The van der Waals surface area contributed by atoms with E-state index in [-0.39, 0.29) is 30.8 Å². The van der Waals surface area contributed by atoms with Crippen LogP contribution in [0.15, 0.2) is 0 Å². The van der Waals surface area contributed by atoms with E-state index in [1.807, 2.05) is 0 Å². The molecule has 4 atom stereocenters. The molecule has 5 heteroatoms. The van der Waals surface area contributed by atoms with Gasteiger partial charge in [-0.2, -0.15) is 0 Å². The summed E-state index contributed by atoms with van der Waals surface area (Å²) in [5.41, 5.74) is -0.455. The summed E-state index contributed by atoms with van der Waals surface area (Å²) in [6.07, 6.45) is 5.12. The lowest BCUT2D eigenvalue weighted by Crippen LogP contribution is -2.54. The molecular weight excluding hydrogens is 268 g/mol. The van der Waals surface area contributed by atoms with E-state index in [0.29, 0.717) is 18.4 Å². The average Bonchev–Trinajstić information content (AvgIpc) is 3.16. The summed E-state index contributed by atoms with van der Waals surface area (Å²) in [7, 11) is 0. The Morgan fingerprint density at radius 1 is 1.33 bits per heavy atom. The molecule has 2 aliphatic carbocycles. The summed E-state index contributed by atoms with van der Waals surface area (Å²) < 4.78 is 0. The second-order valence-corrected chi connectivity index (χ2v) is 7.05. The van der Waals surface area contributed by atoms with Gasteiger partial charge in [-0.15, -0.1) is 0 Å². The van der Waals surface area contributed by atoms with E-state index in [9.17, 15) is 14.7 Å². The van der Waals surface area contributed by atoms with E-state index in [1.54, 1.807) is 0 Å². The minimum absolute atomic E-state index is 0.00493. The number of carbonyl (C=O) groups is 2. The van der Waals surface area contributed by atoms with Gasteiger partial charge in [0.25, 0.3) is 0 Å². The van der Waals surface area contributed by atoms with Crippen LogP contribution in [0, 0.1) is 17.8 Å². The van der Waals surface area contributed by atoms with Crippen LogP contribution in [0.4, 0.5) is 0 Å². The fourth-order valence-corrected chi connectivity index (χ4v) is 3.43.